The second-order valence-corrected chi connectivity index (χ2v) is 4.03. The van der Waals surface area contributed by atoms with Gasteiger partial charge >= 0.3 is 29.6 Å². The molecular formula is C13H13NaO5. The van der Waals surface area contributed by atoms with Crippen LogP contribution in [0.1, 0.15) is 17.7 Å². The largest absolute Gasteiger partial charge is 1.00 e. The Bertz CT molecular complexity index is 603. The van der Waals surface area contributed by atoms with Crippen LogP contribution >= 0.6 is 0 Å². The fraction of sp³-hybridized carbons (Fsp3) is 0.308. The third-order valence-corrected chi connectivity index (χ3v) is 2.87. The van der Waals surface area contributed by atoms with Gasteiger partial charge in [0.2, 0.25) is 0 Å². The Morgan fingerprint density at radius 1 is 1.47 bits per heavy atom. The zero-order chi connectivity index (χ0) is 13.3. The monoisotopic (exact) mass is 272 g/mol. The number of furan rings is 1. The molecule has 0 spiro atoms. The third-order valence-electron chi connectivity index (χ3n) is 2.87. The van der Waals surface area contributed by atoms with Crippen LogP contribution in [0.15, 0.2) is 16.5 Å². The van der Waals surface area contributed by atoms with E-state index in [-0.39, 0.29) is 41.7 Å². The molecule has 2 aromatic rings. The predicted molar refractivity (Wildman–Crippen MR) is 62.5 cm³/mol. The van der Waals surface area contributed by atoms with Gasteiger partial charge in [0.05, 0.1) is 7.11 Å². The Morgan fingerprint density at radius 3 is 2.74 bits per heavy atom. The van der Waals surface area contributed by atoms with Gasteiger partial charge in [-0.2, -0.15) is 0 Å². The van der Waals surface area contributed by atoms with Crippen LogP contribution in [0.4, 0.5) is 0 Å². The number of rotatable bonds is 4. The summed E-state index contributed by atoms with van der Waals surface area (Å²) in [5.74, 6) is -0.149. The molecule has 0 amide bonds. The molecule has 19 heavy (non-hydrogen) atoms. The normalized spacial score (nSPS) is 10.2. The molecule has 1 aromatic heterocycles. The quantitative estimate of drug-likeness (QED) is 0.660. The van der Waals surface area contributed by atoms with E-state index in [9.17, 15) is 15.0 Å². The molecule has 1 heterocycles. The second kappa shape index (κ2) is 6.32. The van der Waals surface area contributed by atoms with Crippen LogP contribution in [0.25, 0.3) is 11.0 Å². The van der Waals surface area contributed by atoms with Gasteiger partial charge in [0.25, 0.3) is 0 Å². The number of fused-ring (bicyclic) bond motifs is 1. The Morgan fingerprint density at radius 2 is 2.16 bits per heavy atom. The first-order chi connectivity index (χ1) is 8.52. The van der Waals surface area contributed by atoms with E-state index in [1.165, 1.54) is 13.2 Å². The van der Waals surface area contributed by atoms with E-state index in [0.29, 0.717) is 28.9 Å². The topological polar surface area (TPSA) is 82.7 Å². The molecule has 0 saturated heterocycles. The fourth-order valence-electron chi connectivity index (χ4n) is 1.99. The van der Waals surface area contributed by atoms with Crippen molar-refractivity contribution in [1.29, 1.82) is 0 Å². The van der Waals surface area contributed by atoms with E-state index in [4.69, 9.17) is 9.15 Å². The molecule has 1 N–H and O–H groups in total. The van der Waals surface area contributed by atoms with Gasteiger partial charge < -0.3 is 24.2 Å². The average Bonchev–Trinajstić information content (AvgIpc) is 2.60. The van der Waals surface area contributed by atoms with E-state index >= 15 is 0 Å². The predicted octanol–water partition coefficient (Wildman–Crippen LogP) is -1.86. The van der Waals surface area contributed by atoms with Crippen molar-refractivity contribution in [2.45, 2.75) is 19.8 Å². The number of hydrogen-bond donors (Lipinski definition) is 1. The minimum atomic E-state index is -1.11. The summed E-state index contributed by atoms with van der Waals surface area (Å²) in [5.41, 5.74) is 1.34. The Balaban J connectivity index is 0.00000180. The average molecular weight is 272 g/mol. The Kier molecular flexibility index (Phi) is 5.29. The summed E-state index contributed by atoms with van der Waals surface area (Å²) in [7, 11) is 1.45. The van der Waals surface area contributed by atoms with Gasteiger partial charge in [-0.1, -0.05) is 0 Å². The van der Waals surface area contributed by atoms with Gasteiger partial charge in [0.1, 0.15) is 11.3 Å². The first-order valence-corrected chi connectivity index (χ1v) is 5.51. The maximum atomic E-state index is 10.5. The summed E-state index contributed by atoms with van der Waals surface area (Å²) < 4.78 is 10.5. The van der Waals surface area contributed by atoms with E-state index in [1.807, 2.05) is 0 Å². The summed E-state index contributed by atoms with van der Waals surface area (Å²) in [6, 6.07) is 3.11. The van der Waals surface area contributed by atoms with Crippen molar-refractivity contribution in [3.8, 4) is 11.5 Å². The number of methoxy groups -OCH3 is 1. The van der Waals surface area contributed by atoms with Crippen molar-refractivity contribution >= 4 is 16.9 Å². The molecule has 0 aliphatic heterocycles. The van der Waals surface area contributed by atoms with E-state index in [2.05, 4.69) is 0 Å². The number of aromatic hydroxyl groups is 1. The molecular weight excluding hydrogens is 259 g/mol. The number of phenols is 1. The van der Waals surface area contributed by atoms with Gasteiger partial charge in [0, 0.05) is 23.0 Å². The fourth-order valence-corrected chi connectivity index (χ4v) is 1.99. The standard InChI is InChI=1S/C13H14O5.Na/c1-7-8(3-4-13(15)16)9-5-10(14)12(17-2)6-11(9)18-7;/h5-6,14H,3-4H2,1-2H3,(H,15,16);/q;+1/p-1. The van der Waals surface area contributed by atoms with Crippen molar-refractivity contribution in [2.75, 3.05) is 7.11 Å². The zero-order valence-electron chi connectivity index (χ0n) is 11.1. The molecule has 5 nitrogen and oxygen atoms in total. The summed E-state index contributed by atoms with van der Waals surface area (Å²) >= 11 is 0. The Labute approximate surface area is 132 Å². The number of carboxylic acid groups (broad SMARTS) is 1. The molecule has 2 rings (SSSR count). The number of carbonyl (C=O) groups excluding carboxylic acids is 1. The number of carboxylic acids is 1. The van der Waals surface area contributed by atoms with Gasteiger partial charge in [-0.05, 0) is 25.8 Å². The number of benzene rings is 1. The SMILES string of the molecule is COc1cc2oc(C)c(CCC(=O)[O-])c2cc1O.[Na+]. The molecule has 0 unspecified atom stereocenters. The minimum Gasteiger partial charge on any atom is -0.550 e. The molecule has 0 radical (unpaired) electrons. The summed E-state index contributed by atoms with van der Waals surface area (Å²) in [5, 5.41) is 20.9. The molecule has 0 atom stereocenters. The first-order valence-electron chi connectivity index (χ1n) is 5.51. The van der Waals surface area contributed by atoms with Crippen LogP contribution in [0, 0.1) is 6.92 Å². The smallest absolute Gasteiger partial charge is 0.550 e. The zero-order valence-corrected chi connectivity index (χ0v) is 13.1. The van der Waals surface area contributed by atoms with Crippen LogP contribution < -0.4 is 39.4 Å². The third kappa shape index (κ3) is 3.23. The molecule has 0 aliphatic carbocycles. The second-order valence-electron chi connectivity index (χ2n) is 4.03. The van der Waals surface area contributed by atoms with E-state index in [0.717, 1.165) is 5.56 Å². The number of aliphatic carboxylic acids is 1. The van der Waals surface area contributed by atoms with Crippen molar-refractivity contribution in [3.05, 3.63) is 23.5 Å². The molecule has 6 heteroatoms. The van der Waals surface area contributed by atoms with Gasteiger partial charge in [-0.25, -0.2) is 0 Å². The molecule has 1 aromatic carbocycles. The van der Waals surface area contributed by atoms with Gasteiger partial charge in [-0.3, -0.25) is 0 Å². The van der Waals surface area contributed by atoms with Gasteiger partial charge in [-0.15, -0.1) is 0 Å². The van der Waals surface area contributed by atoms with E-state index in [1.54, 1.807) is 13.0 Å². The van der Waals surface area contributed by atoms with Crippen molar-refractivity contribution in [2.24, 2.45) is 0 Å². The van der Waals surface area contributed by atoms with Crippen LogP contribution in [-0.4, -0.2) is 18.2 Å². The summed E-state index contributed by atoms with van der Waals surface area (Å²) in [6.07, 6.45) is 0.231. The number of aryl methyl sites for hydroxylation is 2. The van der Waals surface area contributed by atoms with Crippen LogP contribution in [-0.2, 0) is 11.2 Å². The van der Waals surface area contributed by atoms with E-state index < -0.39 is 5.97 Å². The number of carbonyl (C=O) groups is 1. The van der Waals surface area contributed by atoms with Crippen LogP contribution in [0.5, 0.6) is 11.5 Å². The molecule has 96 valence electrons. The van der Waals surface area contributed by atoms with Crippen molar-refractivity contribution in [3.63, 3.8) is 0 Å². The number of hydrogen-bond acceptors (Lipinski definition) is 5. The minimum absolute atomic E-state index is 0. The van der Waals surface area contributed by atoms with Crippen LogP contribution in [0.3, 0.4) is 0 Å². The maximum Gasteiger partial charge on any atom is 1.00 e. The summed E-state index contributed by atoms with van der Waals surface area (Å²) in [6.45, 7) is 1.76. The van der Waals surface area contributed by atoms with Gasteiger partial charge in [0.15, 0.2) is 11.5 Å². The van der Waals surface area contributed by atoms with Crippen molar-refractivity contribution in [1.82, 2.24) is 0 Å². The Hall–Kier alpha value is -1.17. The molecule has 0 fully saturated rings. The van der Waals surface area contributed by atoms with Crippen LogP contribution in [0.2, 0.25) is 0 Å². The number of ether oxygens (including phenoxy) is 1. The molecule has 0 aliphatic rings. The van der Waals surface area contributed by atoms with Crippen molar-refractivity contribution < 1.29 is 53.7 Å². The maximum absolute atomic E-state index is 10.5. The number of phenolic OH excluding ortho intramolecular Hbond substituents is 1. The summed E-state index contributed by atoms with van der Waals surface area (Å²) in [4.78, 5) is 10.5. The first kappa shape index (κ1) is 15.9. The molecule has 0 bridgehead atoms. The molecule has 0 saturated carbocycles.